The van der Waals surface area contributed by atoms with E-state index in [1.165, 1.54) is 30.3 Å². The van der Waals surface area contributed by atoms with Gasteiger partial charge in [0.15, 0.2) is 5.78 Å². The molecule has 9 heteroatoms. The first-order chi connectivity index (χ1) is 10.8. The van der Waals surface area contributed by atoms with Gasteiger partial charge in [0, 0.05) is 6.42 Å². The molecule has 2 aromatic rings. The molecule has 0 spiro atoms. The van der Waals surface area contributed by atoms with Crippen LogP contribution in [0.15, 0.2) is 39.6 Å². The molecule has 0 unspecified atom stereocenters. The minimum atomic E-state index is -4.30. The number of nitrogens with zero attached hydrogens (tertiary/aromatic N) is 1. The fourth-order valence-electron chi connectivity index (χ4n) is 2.38. The van der Waals surface area contributed by atoms with E-state index in [0.717, 1.165) is 0 Å². The Balaban J connectivity index is 2.50. The molecule has 0 radical (unpaired) electrons. The van der Waals surface area contributed by atoms with Gasteiger partial charge in [-0.25, -0.2) is 8.42 Å². The van der Waals surface area contributed by atoms with Crippen molar-refractivity contribution in [2.75, 3.05) is 0 Å². The van der Waals surface area contributed by atoms with Crippen LogP contribution in [0.2, 0.25) is 0 Å². The number of fused-ring (bicyclic) bond motifs is 1. The second kappa shape index (κ2) is 5.06. The summed E-state index contributed by atoms with van der Waals surface area (Å²) in [5, 5.41) is 20.2. The molecular weight excluding hydrogens is 326 g/mol. The number of carbonyl (C=O) groups excluding carboxylic acids is 1. The topological polar surface area (TPSA) is 128 Å². The van der Waals surface area contributed by atoms with E-state index in [1.54, 1.807) is 6.07 Å². The summed E-state index contributed by atoms with van der Waals surface area (Å²) in [4.78, 5) is 21.4. The maximum atomic E-state index is 12.7. The Kier molecular flexibility index (Phi) is 3.29. The van der Waals surface area contributed by atoms with E-state index in [4.69, 9.17) is 4.42 Å². The second-order valence-electron chi connectivity index (χ2n) is 4.73. The SMILES string of the molecule is O=C1CC=c2oc(O)c([N+](=O)[O-])c2=C1S(=O)(=O)c1ccccc1. The highest BCUT2D eigenvalue weighted by Gasteiger charge is 2.36. The summed E-state index contributed by atoms with van der Waals surface area (Å²) in [5.74, 6) is -1.84. The van der Waals surface area contributed by atoms with Gasteiger partial charge in [0.2, 0.25) is 9.84 Å². The van der Waals surface area contributed by atoms with Gasteiger partial charge < -0.3 is 9.52 Å². The number of benzene rings is 1. The van der Waals surface area contributed by atoms with Crippen LogP contribution in [0.25, 0.3) is 11.0 Å². The molecule has 0 bridgehead atoms. The second-order valence-corrected chi connectivity index (χ2v) is 6.62. The van der Waals surface area contributed by atoms with Gasteiger partial charge in [0.05, 0.1) is 9.82 Å². The first-order valence-electron chi connectivity index (χ1n) is 6.38. The van der Waals surface area contributed by atoms with Crippen LogP contribution in [0, 0.1) is 10.1 Å². The standard InChI is InChI=1S/C14H9NO7S/c16-9-6-7-10-11(12(15(18)19)14(17)22-10)13(9)23(20,21)8-4-2-1-3-5-8/h1-5,7,17H,6H2. The Labute approximate surface area is 129 Å². The molecule has 1 aliphatic rings. The number of hydrogen-bond donors (Lipinski definition) is 1. The fourth-order valence-corrected chi connectivity index (χ4v) is 3.98. The lowest BCUT2D eigenvalue weighted by molar-refractivity contribution is -0.387. The average Bonchev–Trinajstić information content (AvgIpc) is 2.83. The van der Waals surface area contributed by atoms with Crippen molar-refractivity contribution in [1.29, 1.82) is 0 Å². The van der Waals surface area contributed by atoms with Crippen LogP contribution in [-0.2, 0) is 14.6 Å². The Hall–Kier alpha value is -2.94. The Bertz CT molecular complexity index is 1050. The highest BCUT2D eigenvalue weighted by molar-refractivity contribution is 8.01. The lowest BCUT2D eigenvalue weighted by Gasteiger charge is -2.08. The van der Waals surface area contributed by atoms with Crippen molar-refractivity contribution in [3.63, 3.8) is 0 Å². The van der Waals surface area contributed by atoms with Gasteiger partial charge in [-0.3, -0.25) is 14.9 Å². The lowest BCUT2D eigenvalue weighted by Crippen LogP contribution is -2.34. The third kappa shape index (κ3) is 2.21. The third-order valence-electron chi connectivity index (χ3n) is 3.35. The molecule has 0 fully saturated rings. The Morgan fingerprint density at radius 2 is 1.87 bits per heavy atom. The van der Waals surface area contributed by atoms with Gasteiger partial charge in [-0.05, 0) is 18.2 Å². The van der Waals surface area contributed by atoms with E-state index in [2.05, 4.69) is 0 Å². The first-order valence-corrected chi connectivity index (χ1v) is 7.86. The number of aromatic hydroxyl groups is 1. The molecule has 1 aromatic heterocycles. The van der Waals surface area contributed by atoms with Crippen LogP contribution in [0.3, 0.4) is 0 Å². The van der Waals surface area contributed by atoms with Gasteiger partial charge in [-0.1, -0.05) is 18.2 Å². The van der Waals surface area contributed by atoms with Crippen LogP contribution < -0.4 is 10.6 Å². The smallest absolute Gasteiger partial charge is 0.365 e. The van der Waals surface area contributed by atoms with Crippen LogP contribution in [0.5, 0.6) is 5.95 Å². The van der Waals surface area contributed by atoms with E-state index in [9.17, 15) is 28.4 Å². The number of sulfone groups is 1. The molecule has 1 aromatic carbocycles. The van der Waals surface area contributed by atoms with Gasteiger partial charge >= 0.3 is 11.6 Å². The number of Topliss-reactive ketones (excluding diaryl/α,β-unsaturated/α-hetero) is 1. The zero-order valence-electron chi connectivity index (χ0n) is 11.4. The molecule has 3 rings (SSSR count). The minimum absolute atomic E-state index is 0.175. The number of ketones is 1. The zero-order chi connectivity index (χ0) is 16.8. The van der Waals surface area contributed by atoms with E-state index in [-0.39, 0.29) is 16.7 Å². The molecule has 0 saturated heterocycles. The van der Waals surface area contributed by atoms with Gasteiger partial charge in [-0.2, -0.15) is 0 Å². The van der Waals surface area contributed by atoms with E-state index >= 15 is 0 Å². The van der Waals surface area contributed by atoms with E-state index in [1.807, 2.05) is 0 Å². The lowest BCUT2D eigenvalue weighted by atomic mass is 10.1. The summed E-state index contributed by atoms with van der Waals surface area (Å²) in [6.45, 7) is 0. The molecule has 0 amide bonds. The van der Waals surface area contributed by atoms with Crippen molar-refractivity contribution < 1.29 is 27.7 Å². The van der Waals surface area contributed by atoms with Crippen molar-refractivity contribution in [2.45, 2.75) is 11.3 Å². The summed E-state index contributed by atoms with van der Waals surface area (Å²) in [6.07, 6.45) is 0.910. The number of carbonyl (C=O) groups is 1. The molecule has 118 valence electrons. The molecule has 1 N–H and O–H groups in total. The highest BCUT2D eigenvalue weighted by atomic mass is 32.2. The van der Waals surface area contributed by atoms with E-state index < -0.39 is 42.3 Å². The van der Waals surface area contributed by atoms with Crippen LogP contribution in [-0.4, -0.2) is 24.2 Å². The monoisotopic (exact) mass is 335 g/mol. The molecule has 1 heterocycles. The average molecular weight is 335 g/mol. The van der Waals surface area contributed by atoms with Crippen molar-refractivity contribution in [3.05, 3.63) is 51.1 Å². The van der Waals surface area contributed by atoms with E-state index in [0.29, 0.717) is 0 Å². The summed E-state index contributed by atoms with van der Waals surface area (Å²) in [5.41, 5.74) is -1.14. The van der Waals surface area contributed by atoms with Crippen molar-refractivity contribution in [2.24, 2.45) is 0 Å². The molecule has 23 heavy (non-hydrogen) atoms. The first kappa shape index (κ1) is 15.0. The van der Waals surface area contributed by atoms with Crippen molar-refractivity contribution in [3.8, 4) is 5.95 Å². The fraction of sp³-hybridized carbons (Fsp3) is 0.0714. The van der Waals surface area contributed by atoms with Gasteiger partial charge in [-0.15, -0.1) is 0 Å². The Morgan fingerprint density at radius 1 is 1.22 bits per heavy atom. The van der Waals surface area contributed by atoms with Crippen molar-refractivity contribution in [1.82, 2.24) is 0 Å². The molecule has 0 atom stereocenters. The summed E-state index contributed by atoms with van der Waals surface area (Å²) < 4.78 is 30.3. The predicted molar refractivity (Wildman–Crippen MR) is 77.4 cm³/mol. The third-order valence-corrected chi connectivity index (χ3v) is 5.21. The number of hydrogen-bond acceptors (Lipinski definition) is 7. The van der Waals surface area contributed by atoms with Gasteiger partial charge in [0.1, 0.15) is 15.5 Å². The molecule has 0 saturated carbocycles. The number of nitro groups is 1. The van der Waals surface area contributed by atoms with Crippen LogP contribution in [0.1, 0.15) is 6.42 Å². The molecule has 8 nitrogen and oxygen atoms in total. The zero-order valence-corrected chi connectivity index (χ0v) is 12.2. The quantitative estimate of drug-likeness (QED) is 0.628. The van der Waals surface area contributed by atoms with Gasteiger partial charge in [0.25, 0.3) is 0 Å². The minimum Gasteiger partial charge on any atom is -0.476 e. The highest BCUT2D eigenvalue weighted by Crippen LogP contribution is 2.27. The molecule has 1 aliphatic carbocycles. The maximum absolute atomic E-state index is 12.7. The normalized spacial score (nSPS) is 14.3. The predicted octanol–water partition coefficient (Wildman–Crippen LogP) is 0.229. The Morgan fingerprint density at radius 3 is 2.48 bits per heavy atom. The summed E-state index contributed by atoms with van der Waals surface area (Å²) in [7, 11) is -4.30. The number of furan rings is 1. The molecular formula is C14H9NO7S. The van der Waals surface area contributed by atoms with Crippen molar-refractivity contribution >= 4 is 32.3 Å². The van der Waals surface area contributed by atoms with Crippen LogP contribution >= 0.6 is 0 Å². The molecule has 0 aliphatic heterocycles. The maximum Gasteiger partial charge on any atom is 0.365 e. The summed E-state index contributed by atoms with van der Waals surface area (Å²) >= 11 is 0. The van der Waals surface area contributed by atoms with Crippen LogP contribution in [0.4, 0.5) is 5.69 Å². The number of rotatable bonds is 3. The summed E-state index contributed by atoms with van der Waals surface area (Å²) in [6, 6.07) is 7.08. The largest absolute Gasteiger partial charge is 0.476 e.